The van der Waals surface area contributed by atoms with Crippen molar-refractivity contribution in [2.45, 2.75) is 35.5 Å². The smallest absolute Gasteiger partial charge is 0.303 e. The van der Waals surface area contributed by atoms with Crippen LogP contribution in [0.2, 0.25) is 0 Å². The molecule has 0 saturated heterocycles. The van der Waals surface area contributed by atoms with Crippen molar-refractivity contribution in [2.75, 3.05) is 11.9 Å². The third-order valence-corrected chi connectivity index (χ3v) is 6.41. The lowest BCUT2D eigenvalue weighted by atomic mass is 10.2. The van der Waals surface area contributed by atoms with E-state index in [1.807, 2.05) is 48.5 Å². The van der Waals surface area contributed by atoms with Crippen LogP contribution in [0.1, 0.15) is 36.0 Å². The fourth-order valence-electron chi connectivity index (χ4n) is 3.44. The van der Waals surface area contributed by atoms with E-state index in [4.69, 9.17) is 9.84 Å². The summed E-state index contributed by atoms with van der Waals surface area (Å²) < 4.78 is 5.69. The van der Waals surface area contributed by atoms with Gasteiger partial charge < -0.3 is 15.2 Å². The summed E-state index contributed by atoms with van der Waals surface area (Å²) in [6, 6.07) is 22.3. The molecule has 0 aliphatic carbocycles. The second-order valence-electron chi connectivity index (χ2n) is 7.88. The molecule has 4 rings (SSSR count). The average molecular weight is 504 g/mol. The lowest BCUT2D eigenvalue weighted by Crippen LogP contribution is -2.12. The summed E-state index contributed by atoms with van der Waals surface area (Å²) in [7, 11) is 0. The van der Waals surface area contributed by atoms with Crippen LogP contribution >= 0.6 is 11.8 Å². The number of benzene rings is 3. The van der Waals surface area contributed by atoms with Crippen molar-refractivity contribution in [3.05, 3.63) is 78.4 Å². The summed E-state index contributed by atoms with van der Waals surface area (Å²) in [5, 5.41) is 25.8. The number of rotatable bonds is 12. The first-order valence-electron chi connectivity index (χ1n) is 11.5. The van der Waals surface area contributed by atoms with Crippen molar-refractivity contribution < 1.29 is 19.4 Å². The Hall–Kier alpha value is -4.18. The van der Waals surface area contributed by atoms with Crippen LogP contribution in [0.4, 0.5) is 5.69 Å². The Balaban J connectivity index is 1.37. The number of H-pyrrole nitrogens is 1. The lowest BCUT2D eigenvalue weighted by Gasteiger charge is -2.13. The third kappa shape index (κ3) is 6.92. The van der Waals surface area contributed by atoms with E-state index < -0.39 is 5.97 Å². The number of carboxylic acid groups (broad SMARTS) is 1. The molecule has 4 aromatic rings. The number of anilines is 1. The Labute approximate surface area is 212 Å². The molecule has 0 saturated carbocycles. The maximum Gasteiger partial charge on any atom is 0.303 e. The standard InChI is InChI=1S/C26H25N5O4S/c32-24(33)12-2-1-7-17-35-19-15-13-18(14-16-19)26(34)27-21-9-4-6-11-23(21)36-22-10-5-3-8-20(22)25-28-30-31-29-25/h3-6,8-11,13-16H,1-2,7,12,17H2,(H,27,34)(H,32,33)(H,28,29,30,31). The minimum Gasteiger partial charge on any atom is -0.494 e. The summed E-state index contributed by atoms with van der Waals surface area (Å²) in [6.45, 7) is 0.501. The van der Waals surface area contributed by atoms with Crippen LogP contribution in [-0.4, -0.2) is 44.2 Å². The van der Waals surface area contributed by atoms with E-state index >= 15 is 0 Å². The van der Waals surface area contributed by atoms with Crippen molar-refractivity contribution in [1.82, 2.24) is 20.6 Å². The maximum atomic E-state index is 12.9. The van der Waals surface area contributed by atoms with Crippen molar-refractivity contribution in [1.29, 1.82) is 0 Å². The number of amides is 1. The van der Waals surface area contributed by atoms with E-state index in [2.05, 4.69) is 25.9 Å². The highest BCUT2D eigenvalue weighted by Gasteiger charge is 2.14. The van der Waals surface area contributed by atoms with E-state index in [-0.39, 0.29) is 12.3 Å². The van der Waals surface area contributed by atoms with Gasteiger partial charge in [-0.15, -0.1) is 5.10 Å². The molecule has 0 radical (unpaired) electrons. The van der Waals surface area contributed by atoms with Gasteiger partial charge in [-0.3, -0.25) is 9.59 Å². The Morgan fingerprint density at radius 2 is 1.67 bits per heavy atom. The Morgan fingerprint density at radius 1 is 0.917 bits per heavy atom. The van der Waals surface area contributed by atoms with Gasteiger partial charge in [0, 0.05) is 27.3 Å². The molecule has 3 aromatic carbocycles. The number of nitrogens with one attached hydrogen (secondary N) is 2. The summed E-state index contributed by atoms with van der Waals surface area (Å²) in [5.74, 6) is 0.234. The topological polar surface area (TPSA) is 130 Å². The number of hydrogen-bond acceptors (Lipinski definition) is 7. The number of aliphatic carboxylic acids is 1. The molecule has 0 fully saturated rings. The zero-order chi connectivity index (χ0) is 25.2. The lowest BCUT2D eigenvalue weighted by molar-refractivity contribution is -0.137. The molecule has 1 aromatic heterocycles. The normalized spacial score (nSPS) is 10.7. The van der Waals surface area contributed by atoms with Gasteiger partial charge in [-0.2, -0.15) is 0 Å². The van der Waals surface area contributed by atoms with E-state index in [1.165, 1.54) is 11.8 Å². The van der Waals surface area contributed by atoms with E-state index in [9.17, 15) is 9.59 Å². The molecule has 9 nitrogen and oxygen atoms in total. The first kappa shape index (κ1) is 24.9. The van der Waals surface area contributed by atoms with Crippen molar-refractivity contribution >= 4 is 29.3 Å². The largest absolute Gasteiger partial charge is 0.494 e. The van der Waals surface area contributed by atoms with Crippen LogP contribution in [0.3, 0.4) is 0 Å². The first-order chi connectivity index (χ1) is 17.6. The zero-order valence-electron chi connectivity index (χ0n) is 19.4. The number of aromatic amines is 1. The van der Waals surface area contributed by atoms with E-state index in [1.54, 1.807) is 24.3 Å². The Kier molecular flexibility index (Phi) is 8.66. The number of carboxylic acids is 1. The summed E-state index contributed by atoms with van der Waals surface area (Å²) in [4.78, 5) is 25.3. The number of carbonyl (C=O) groups is 2. The predicted molar refractivity (Wildman–Crippen MR) is 136 cm³/mol. The second kappa shape index (κ2) is 12.5. The number of ether oxygens (including phenoxy) is 1. The number of nitrogens with zero attached hydrogens (tertiary/aromatic N) is 3. The molecule has 0 bridgehead atoms. The molecular weight excluding hydrogens is 478 g/mol. The summed E-state index contributed by atoms with van der Waals surface area (Å²) >= 11 is 1.51. The van der Waals surface area contributed by atoms with Crippen molar-refractivity contribution in [2.24, 2.45) is 0 Å². The molecule has 0 aliphatic heterocycles. The van der Waals surface area contributed by atoms with Crippen LogP contribution in [0, 0.1) is 0 Å². The van der Waals surface area contributed by atoms with Gasteiger partial charge in [0.15, 0.2) is 5.82 Å². The Bertz CT molecular complexity index is 1300. The van der Waals surface area contributed by atoms with Crippen LogP contribution in [0.15, 0.2) is 82.6 Å². The minimum atomic E-state index is -0.778. The van der Waals surface area contributed by atoms with Crippen LogP contribution in [0.5, 0.6) is 5.75 Å². The SMILES string of the molecule is O=C(O)CCCCCOc1ccc(C(=O)Nc2ccccc2Sc2ccccc2-c2nnn[nH]2)cc1. The predicted octanol–water partition coefficient (Wildman–Crippen LogP) is 5.29. The van der Waals surface area contributed by atoms with Gasteiger partial charge >= 0.3 is 5.97 Å². The molecule has 0 unspecified atom stereocenters. The number of aromatic nitrogens is 4. The molecular formula is C26H25N5O4S. The third-order valence-electron chi connectivity index (χ3n) is 5.26. The van der Waals surface area contributed by atoms with E-state index in [0.29, 0.717) is 35.9 Å². The van der Waals surface area contributed by atoms with Crippen molar-refractivity contribution in [3.63, 3.8) is 0 Å². The molecule has 0 spiro atoms. The van der Waals surface area contributed by atoms with Gasteiger partial charge in [-0.05, 0) is 78.2 Å². The summed E-state index contributed by atoms with van der Waals surface area (Å²) in [6.07, 6.45) is 2.39. The van der Waals surface area contributed by atoms with Gasteiger partial charge in [0.1, 0.15) is 5.75 Å². The second-order valence-corrected chi connectivity index (χ2v) is 8.96. The number of unbranched alkanes of at least 4 members (excludes halogenated alkanes) is 2. The highest BCUT2D eigenvalue weighted by molar-refractivity contribution is 7.99. The summed E-state index contributed by atoms with van der Waals surface area (Å²) in [5.41, 5.74) is 2.07. The van der Waals surface area contributed by atoms with Gasteiger partial charge in [0.25, 0.3) is 5.91 Å². The first-order valence-corrected chi connectivity index (χ1v) is 12.3. The molecule has 3 N–H and O–H groups in total. The maximum absolute atomic E-state index is 12.9. The highest BCUT2D eigenvalue weighted by atomic mass is 32.2. The highest BCUT2D eigenvalue weighted by Crippen LogP contribution is 2.38. The molecule has 1 heterocycles. The van der Waals surface area contributed by atoms with Gasteiger partial charge in [-0.25, -0.2) is 5.10 Å². The average Bonchev–Trinajstić information content (AvgIpc) is 3.43. The Morgan fingerprint density at radius 3 is 2.42 bits per heavy atom. The van der Waals surface area contributed by atoms with Crippen LogP contribution in [0.25, 0.3) is 11.4 Å². The van der Waals surface area contributed by atoms with Gasteiger partial charge in [0.05, 0.1) is 12.3 Å². The molecule has 10 heteroatoms. The molecule has 0 atom stereocenters. The van der Waals surface area contributed by atoms with Gasteiger partial charge in [0.2, 0.25) is 0 Å². The molecule has 36 heavy (non-hydrogen) atoms. The monoisotopic (exact) mass is 503 g/mol. The van der Waals surface area contributed by atoms with Crippen LogP contribution in [-0.2, 0) is 4.79 Å². The van der Waals surface area contributed by atoms with Crippen LogP contribution < -0.4 is 10.1 Å². The quantitative estimate of drug-likeness (QED) is 0.222. The molecule has 0 aliphatic rings. The number of tetrazole rings is 1. The minimum absolute atomic E-state index is 0.177. The van der Waals surface area contributed by atoms with Crippen molar-refractivity contribution in [3.8, 4) is 17.1 Å². The fraction of sp³-hybridized carbons (Fsp3) is 0.192. The van der Waals surface area contributed by atoms with E-state index in [0.717, 1.165) is 28.2 Å². The molecule has 1 amide bonds. The fourth-order valence-corrected chi connectivity index (χ4v) is 4.48. The number of para-hydroxylation sites is 1. The zero-order valence-corrected chi connectivity index (χ0v) is 20.2. The number of hydrogen-bond donors (Lipinski definition) is 3. The van der Waals surface area contributed by atoms with Gasteiger partial charge in [-0.1, -0.05) is 36.0 Å². The number of carbonyl (C=O) groups excluding carboxylic acids is 1. The molecule has 184 valence electrons.